The number of hydrogen-bond acceptors (Lipinski definition) is 15. The number of benzene rings is 3. The Morgan fingerprint density at radius 3 is 0.927 bits per heavy atom. The maximum atomic E-state index is 13.4. The molecule has 3 atom stereocenters. The molecule has 0 amide bonds. The van der Waals surface area contributed by atoms with Gasteiger partial charge in [0, 0.05) is 20.8 Å². The van der Waals surface area contributed by atoms with Crippen LogP contribution in [0.25, 0.3) is 0 Å². The molecule has 294 valence electrons. The number of carbonyl (C=O) groups is 3. The summed E-state index contributed by atoms with van der Waals surface area (Å²) in [6, 6.07) is 18.2. The van der Waals surface area contributed by atoms with Crippen LogP contribution in [0, 0.1) is 0 Å². The molecule has 3 aromatic carbocycles. The Morgan fingerprint density at radius 2 is 0.709 bits per heavy atom. The average molecular weight is 781 g/mol. The van der Waals surface area contributed by atoms with Gasteiger partial charge in [0.2, 0.25) is 0 Å². The molecule has 0 heterocycles. The maximum Gasteiger partial charge on any atom is 1.20 e. The van der Waals surface area contributed by atoms with Gasteiger partial charge in [-0.1, -0.05) is 56.1 Å². The number of ether oxygens (including phenoxy) is 6. The second kappa shape index (κ2) is 19.2. The molecule has 55 heavy (non-hydrogen) atoms. The van der Waals surface area contributed by atoms with E-state index in [-0.39, 0.29) is 54.3 Å². The molecule has 0 aliphatic heterocycles. The van der Waals surface area contributed by atoms with Crippen LogP contribution in [0.5, 0.6) is 34.5 Å². The fourth-order valence-corrected chi connectivity index (χ4v) is 5.32. The lowest BCUT2D eigenvalue weighted by molar-refractivity contribution is -0.201. The van der Waals surface area contributed by atoms with E-state index in [4.69, 9.17) is 39.8 Å². The van der Waals surface area contributed by atoms with E-state index in [1.165, 1.54) is 36.4 Å². The summed E-state index contributed by atoms with van der Waals surface area (Å²) >= 11 is -4.54. The van der Waals surface area contributed by atoms with Crippen LogP contribution in [0.2, 0.25) is 0 Å². The molecule has 0 aliphatic carbocycles. The number of aliphatic hydroxyl groups is 3. The Morgan fingerprint density at radius 1 is 0.491 bits per heavy atom. The van der Waals surface area contributed by atoms with Gasteiger partial charge >= 0.3 is 50.4 Å². The standard InChI is InChI=1S/3C13H16O5.Al/c3*1-9(2)8-17-10-6-4-5-7-11(10)18-13(3,16)12(14)15;/h3*4-7,16H,1,8H2,2-3H3,(H,14,15);/q;;;+3/p-3. The van der Waals surface area contributed by atoms with Gasteiger partial charge in [-0.15, -0.1) is 0 Å². The summed E-state index contributed by atoms with van der Waals surface area (Å²) in [5.41, 5.74) is 2.01. The highest BCUT2D eigenvalue weighted by Crippen LogP contribution is 2.33. The lowest BCUT2D eigenvalue weighted by atomic mass is 10.3. The first-order chi connectivity index (χ1) is 25.7. The van der Waals surface area contributed by atoms with Crippen LogP contribution < -0.4 is 28.4 Å². The predicted molar refractivity (Wildman–Crippen MR) is 198 cm³/mol. The Kier molecular flexibility index (Phi) is 15.3. The molecule has 3 unspecified atom stereocenters. The van der Waals surface area contributed by atoms with Crippen LogP contribution in [0.3, 0.4) is 0 Å². The molecular weight excluding hydrogens is 735 g/mol. The molecule has 3 rings (SSSR count). The molecule has 0 saturated carbocycles. The number of para-hydroxylation sites is 6. The van der Waals surface area contributed by atoms with Crippen molar-refractivity contribution in [2.24, 2.45) is 0 Å². The van der Waals surface area contributed by atoms with Gasteiger partial charge in [0.1, 0.15) is 19.8 Å². The monoisotopic (exact) mass is 780 g/mol. The van der Waals surface area contributed by atoms with Gasteiger partial charge in [0.15, 0.2) is 34.5 Å². The normalized spacial score (nSPS) is 13.9. The smallest absolute Gasteiger partial charge is 0.546 e. The zero-order chi connectivity index (χ0) is 41.0. The summed E-state index contributed by atoms with van der Waals surface area (Å²) in [6.07, 6.45) is 0. The number of rotatable bonds is 21. The molecule has 0 spiro atoms. The van der Waals surface area contributed by atoms with Crippen LogP contribution in [0.15, 0.2) is 109 Å². The molecule has 15 nitrogen and oxygen atoms in total. The second-order valence-corrected chi connectivity index (χ2v) is 14.1. The maximum absolute atomic E-state index is 13.4. The molecule has 0 fully saturated rings. The Labute approximate surface area is 324 Å². The van der Waals surface area contributed by atoms with Crippen molar-refractivity contribution in [1.82, 2.24) is 0 Å². The van der Waals surface area contributed by atoms with Crippen molar-refractivity contribution >= 4 is 33.1 Å². The molecule has 0 aromatic heterocycles. The van der Waals surface area contributed by atoms with Crippen LogP contribution in [0.4, 0.5) is 0 Å². The first-order valence-corrected chi connectivity index (χ1v) is 18.1. The summed E-state index contributed by atoms with van der Waals surface area (Å²) in [7, 11) is 0. The van der Waals surface area contributed by atoms with Crippen LogP contribution in [-0.4, -0.2) is 85.6 Å². The minimum absolute atomic E-state index is 0.0901. The molecule has 0 radical (unpaired) electrons. The van der Waals surface area contributed by atoms with Crippen molar-refractivity contribution in [2.45, 2.75) is 58.9 Å². The van der Waals surface area contributed by atoms with Gasteiger partial charge in [-0.3, -0.25) is 0 Å². The van der Waals surface area contributed by atoms with Gasteiger partial charge in [0.25, 0.3) is 0 Å². The number of carbonyl (C=O) groups excluding carboxylic acids is 3. The van der Waals surface area contributed by atoms with Crippen LogP contribution in [-0.2, 0) is 25.7 Å². The van der Waals surface area contributed by atoms with Crippen molar-refractivity contribution in [3.63, 3.8) is 0 Å². The third-order valence-electron chi connectivity index (χ3n) is 6.64. The molecule has 3 N–H and O–H groups in total. The fraction of sp³-hybridized carbons (Fsp3) is 0.308. The zero-order valence-corrected chi connectivity index (χ0v) is 32.6. The molecule has 3 aromatic rings. The minimum atomic E-state index is -4.54. The van der Waals surface area contributed by atoms with E-state index in [9.17, 15) is 29.7 Å². The van der Waals surface area contributed by atoms with E-state index in [1.54, 1.807) is 57.2 Å². The summed E-state index contributed by atoms with van der Waals surface area (Å²) in [5.74, 6) is -13.1. The first kappa shape index (κ1) is 43.9. The average Bonchev–Trinajstić information content (AvgIpc) is 3.09. The predicted octanol–water partition coefficient (Wildman–Crippen LogP) is 4.83. The molecule has 0 aliphatic rings. The summed E-state index contributed by atoms with van der Waals surface area (Å²) in [6.45, 7) is 19.4. The summed E-state index contributed by atoms with van der Waals surface area (Å²) in [5, 5.41) is 33.3. The van der Waals surface area contributed by atoms with E-state index in [0.29, 0.717) is 16.7 Å². The van der Waals surface area contributed by atoms with E-state index >= 15 is 0 Å². The van der Waals surface area contributed by atoms with Gasteiger partial charge in [-0.05, 0) is 73.9 Å². The van der Waals surface area contributed by atoms with Crippen LogP contribution in [0.1, 0.15) is 41.5 Å². The van der Waals surface area contributed by atoms with Crippen LogP contribution >= 0.6 is 0 Å². The third-order valence-corrected chi connectivity index (χ3v) is 7.86. The molecule has 0 bridgehead atoms. The quantitative estimate of drug-likeness (QED) is 0.0755. The lowest BCUT2D eigenvalue weighted by Gasteiger charge is -2.28. The highest BCUT2D eigenvalue weighted by molar-refractivity contribution is 6.44. The largest absolute Gasteiger partial charge is 1.20 e. The highest BCUT2D eigenvalue weighted by atomic mass is 27.3. The van der Waals surface area contributed by atoms with Gasteiger partial charge in [0.05, 0.1) is 0 Å². The lowest BCUT2D eigenvalue weighted by Crippen LogP contribution is -2.53. The number of hydrogen-bond donors (Lipinski definition) is 3. The summed E-state index contributed by atoms with van der Waals surface area (Å²) in [4.78, 5) is 40.2. The zero-order valence-electron chi connectivity index (χ0n) is 31.5. The van der Waals surface area contributed by atoms with E-state index in [1.807, 2.05) is 0 Å². The van der Waals surface area contributed by atoms with Crippen molar-refractivity contribution in [1.29, 1.82) is 0 Å². The first-order valence-electron chi connectivity index (χ1n) is 16.7. The van der Waals surface area contributed by atoms with Crippen molar-refractivity contribution in [3.05, 3.63) is 109 Å². The molecular formula is C39H45AlO15. The summed E-state index contributed by atoms with van der Waals surface area (Å²) < 4.78 is 49.1. The topological polar surface area (TPSA) is 195 Å². The fourth-order valence-electron chi connectivity index (χ4n) is 3.99. The SMILES string of the molecule is C=C(C)COc1ccccc1OC(C)(O)C(=O)[O][Al]([O]C(=O)C(C)(O)Oc1ccccc1OCC(=C)C)[O]C(=O)C(C)(O)Oc1ccccc1OCC(=C)C. The van der Waals surface area contributed by atoms with E-state index in [2.05, 4.69) is 19.7 Å². The van der Waals surface area contributed by atoms with Gasteiger partial charge in [-0.2, -0.15) is 0 Å². The van der Waals surface area contributed by atoms with Gasteiger partial charge < -0.3 is 55.1 Å². The molecule has 16 heteroatoms. The molecule has 0 saturated heterocycles. The van der Waals surface area contributed by atoms with Crippen molar-refractivity contribution in [3.8, 4) is 34.5 Å². The Balaban J connectivity index is 1.90. The van der Waals surface area contributed by atoms with E-state index < -0.39 is 50.4 Å². The minimum Gasteiger partial charge on any atom is -0.546 e. The second-order valence-electron chi connectivity index (χ2n) is 12.8. The Hall–Kier alpha value is -5.50. The Bertz CT molecular complexity index is 1650. The van der Waals surface area contributed by atoms with Crippen molar-refractivity contribution in [2.75, 3.05) is 19.8 Å². The van der Waals surface area contributed by atoms with Crippen molar-refractivity contribution < 1.29 is 69.5 Å². The highest BCUT2D eigenvalue weighted by Gasteiger charge is 2.57. The van der Waals surface area contributed by atoms with Gasteiger partial charge in [-0.25, -0.2) is 14.4 Å². The van der Waals surface area contributed by atoms with E-state index in [0.717, 1.165) is 20.8 Å². The third kappa shape index (κ3) is 13.7.